The van der Waals surface area contributed by atoms with Crippen molar-refractivity contribution in [2.24, 2.45) is 0 Å². The first-order chi connectivity index (χ1) is 9.74. The van der Waals surface area contributed by atoms with Crippen molar-refractivity contribution in [3.63, 3.8) is 0 Å². The summed E-state index contributed by atoms with van der Waals surface area (Å²) in [6, 6.07) is 13.3. The molecule has 0 saturated heterocycles. The largest absolute Gasteiger partial charge is 0.508 e. The van der Waals surface area contributed by atoms with Crippen LogP contribution < -0.4 is 0 Å². The molecule has 0 spiro atoms. The lowest BCUT2D eigenvalue weighted by atomic mass is 10.1. The van der Waals surface area contributed by atoms with Gasteiger partial charge in [0.1, 0.15) is 5.75 Å². The van der Waals surface area contributed by atoms with Crippen molar-refractivity contribution in [2.45, 2.75) is 6.42 Å². The average Bonchev–Trinajstić information content (AvgIpc) is 2.98. The van der Waals surface area contributed by atoms with E-state index in [0.717, 1.165) is 23.4 Å². The number of hydrogen-bond acceptors (Lipinski definition) is 2. The zero-order chi connectivity index (χ0) is 13.7. The third-order valence-corrected chi connectivity index (χ3v) is 4.04. The molecule has 0 unspecified atom stereocenters. The van der Waals surface area contributed by atoms with Gasteiger partial charge in [0.25, 0.3) is 0 Å². The molecule has 1 aliphatic carbocycles. The van der Waals surface area contributed by atoms with Crippen LogP contribution >= 0.6 is 11.6 Å². The Bertz CT molecular complexity index is 823. The molecule has 0 atom stereocenters. The van der Waals surface area contributed by atoms with E-state index in [0.29, 0.717) is 5.02 Å². The second kappa shape index (κ2) is 4.12. The minimum atomic E-state index is 0.161. The Hall–Kier alpha value is -2.26. The molecule has 1 heterocycles. The lowest BCUT2D eigenvalue weighted by Crippen LogP contribution is -1.87. The van der Waals surface area contributed by atoms with Gasteiger partial charge in [0.05, 0.1) is 16.4 Å². The highest BCUT2D eigenvalue weighted by molar-refractivity contribution is 6.33. The van der Waals surface area contributed by atoms with E-state index >= 15 is 0 Å². The monoisotopic (exact) mass is 282 g/mol. The van der Waals surface area contributed by atoms with E-state index in [2.05, 4.69) is 22.3 Å². The molecule has 3 aromatic rings. The summed E-state index contributed by atoms with van der Waals surface area (Å²) in [5.41, 5.74) is 6.44. The molecule has 20 heavy (non-hydrogen) atoms. The van der Waals surface area contributed by atoms with Crippen LogP contribution in [0.4, 0.5) is 0 Å². The molecule has 0 bridgehead atoms. The van der Waals surface area contributed by atoms with Crippen LogP contribution in [0.5, 0.6) is 5.75 Å². The third kappa shape index (κ3) is 1.57. The van der Waals surface area contributed by atoms with Crippen LogP contribution in [0.2, 0.25) is 5.02 Å². The van der Waals surface area contributed by atoms with Gasteiger partial charge in [-0.25, -0.2) is 0 Å². The number of aromatic hydroxyl groups is 1. The second-order valence-electron chi connectivity index (χ2n) is 4.92. The molecule has 1 aromatic heterocycles. The van der Waals surface area contributed by atoms with Gasteiger partial charge in [-0.3, -0.25) is 5.10 Å². The lowest BCUT2D eigenvalue weighted by molar-refractivity contribution is 0.475. The maximum absolute atomic E-state index is 9.46. The molecule has 2 N–H and O–H groups in total. The first kappa shape index (κ1) is 11.6. The molecule has 0 saturated carbocycles. The van der Waals surface area contributed by atoms with E-state index in [-0.39, 0.29) is 5.75 Å². The second-order valence-corrected chi connectivity index (χ2v) is 5.33. The Morgan fingerprint density at radius 1 is 1.10 bits per heavy atom. The fourth-order valence-corrected chi connectivity index (χ4v) is 3.05. The number of fused-ring (bicyclic) bond motifs is 3. The Balaban J connectivity index is 1.89. The van der Waals surface area contributed by atoms with Crippen molar-refractivity contribution in [3.8, 4) is 28.3 Å². The lowest BCUT2D eigenvalue weighted by Gasteiger charge is -2.03. The van der Waals surface area contributed by atoms with E-state index in [1.807, 2.05) is 12.1 Å². The van der Waals surface area contributed by atoms with Crippen molar-refractivity contribution in [1.29, 1.82) is 0 Å². The molecular weight excluding hydrogens is 272 g/mol. The van der Waals surface area contributed by atoms with Gasteiger partial charge in [-0.1, -0.05) is 35.9 Å². The number of phenols is 1. The van der Waals surface area contributed by atoms with E-state index in [1.54, 1.807) is 18.2 Å². The van der Waals surface area contributed by atoms with E-state index in [4.69, 9.17) is 11.6 Å². The number of nitrogens with zero attached hydrogens (tertiary/aromatic N) is 1. The Kier molecular flexibility index (Phi) is 2.38. The van der Waals surface area contributed by atoms with Crippen LogP contribution in [0.3, 0.4) is 0 Å². The molecule has 0 aliphatic heterocycles. The molecule has 4 rings (SSSR count). The molecular formula is C16H11ClN2O. The molecule has 98 valence electrons. The number of halogens is 1. The Morgan fingerprint density at radius 2 is 1.95 bits per heavy atom. The van der Waals surface area contributed by atoms with Crippen LogP contribution in [0.15, 0.2) is 42.5 Å². The van der Waals surface area contributed by atoms with Gasteiger partial charge >= 0.3 is 0 Å². The van der Waals surface area contributed by atoms with Crippen molar-refractivity contribution < 1.29 is 5.11 Å². The molecule has 4 heteroatoms. The predicted molar refractivity (Wildman–Crippen MR) is 78.9 cm³/mol. The van der Waals surface area contributed by atoms with Crippen molar-refractivity contribution >= 4 is 11.6 Å². The van der Waals surface area contributed by atoms with Crippen molar-refractivity contribution in [3.05, 3.63) is 58.6 Å². The Morgan fingerprint density at radius 3 is 2.80 bits per heavy atom. The van der Waals surface area contributed by atoms with Crippen molar-refractivity contribution in [2.75, 3.05) is 0 Å². The molecule has 0 radical (unpaired) electrons. The molecule has 0 fully saturated rings. The van der Waals surface area contributed by atoms with E-state index in [9.17, 15) is 5.11 Å². The van der Waals surface area contributed by atoms with Crippen LogP contribution in [0.25, 0.3) is 22.5 Å². The number of aromatic amines is 1. The van der Waals surface area contributed by atoms with Gasteiger partial charge in [0.15, 0.2) is 0 Å². The highest BCUT2D eigenvalue weighted by Gasteiger charge is 2.25. The summed E-state index contributed by atoms with van der Waals surface area (Å²) in [4.78, 5) is 0. The summed E-state index contributed by atoms with van der Waals surface area (Å²) in [5.74, 6) is 0.161. The minimum absolute atomic E-state index is 0.161. The van der Waals surface area contributed by atoms with Crippen LogP contribution in [0, 0.1) is 0 Å². The quantitative estimate of drug-likeness (QED) is 0.554. The van der Waals surface area contributed by atoms with Gasteiger partial charge in [0.2, 0.25) is 0 Å². The summed E-state index contributed by atoms with van der Waals surface area (Å²) in [5, 5.41) is 17.5. The topological polar surface area (TPSA) is 48.9 Å². The molecule has 1 aliphatic rings. The number of hydrogen-bond donors (Lipinski definition) is 2. The summed E-state index contributed by atoms with van der Waals surface area (Å²) < 4.78 is 0. The maximum atomic E-state index is 9.46. The average molecular weight is 283 g/mol. The minimum Gasteiger partial charge on any atom is -0.508 e. The van der Waals surface area contributed by atoms with Crippen LogP contribution in [-0.2, 0) is 6.42 Å². The molecule has 3 nitrogen and oxygen atoms in total. The fourth-order valence-electron chi connectivity index (χ4n) is 2.79. The highest BCUT2D eigenvalue weighted by atomic mass is 35.5. The summed E-state index contributed by atoms with van der Waals surface area (Å²) >= 11 is 6.22. The smallest absolute Gasteiger partial charge is 0.117 e. The number of H-pyrrole nitrogens is 1. The SMILES string of the molecule is Oc1ccc(-c2n[nH]c3c2Cc2ccccc2-3)c(Cl)c1. The van der Waals surface area contributed by atoms with Gasteiger partial charge in [-0.05, 0) is 23.8 Å². The number of phenolic OH excluding ortho intramolecular Hbond substituents is 1. The number of nitrogens with one attached hydrogen (secondary N) is 1. The molecule has 2 aromatic carbocycles. The van der Waals surface area contributed by atoms with Crippen LogP contribution in [0.1, 0.15) is 11.1 Å². The Labute approximate surface area is 120 Å². The third-order valence-electron chi connectivity index (χ3n) is 3.73. The van der Waals surface area contributed by atoms with Gasteiger partial charge in [0, 0.05) is 23.1 Å². The summed E-state index contributed by atoms with van der Waals surface area (Å²) in [6.07, 6.45) is 0.856. The van der Waals surface area contributed by atoms with Crippen molar-refractivity contribution in [1.82, 2.24) is 10.2 Å². The molecule has 0 amide bonds. The van der Waals surface area contributed by atoms with Gasteiger partial charge in [-0.2, -0.15) is 5.10 Å². The number of aromatic nitrogens is 2. The van der Waals surface area contributed by atoms with Crippen LogP contribution in [-0.4, -0.2) is 15.3 Å². The number of benzene rings is 2. The first-order valence-corrected chi connectivity index (χ1v) is 6.76. The van der Waals surface area contributed by atoms with Gasteiger partial charge in [-0.15, -0.1) is 0 Å². The maximum Gasteiger partial charge on any atom is 0.117 e. The van der Waals surface area contributed by atoms with Gasteiger partial charge < -0.3 is 5.11 Å². The summed E-state index contributed by atoms with van der Waals surface area (Å²) in [6.45, 7) is 0. The standard InChI is InChI=1S/C16H11ClN2O/c17-14-8-10(20)5-6-12(14)16-13-7-9-3-1-2-4-11(9)15(13)18-19-16/h1-6,8,20H,7H2,(H,18,19). The highest BCUT2D eigenvalue weighted by Crippen LogP contribution is 2.41. The zero-order valence-electron chi connectivity index (χ0n) is 10.5. The fraction of sp³-hybridized carbons (Fsp3) is 0.0625. The first-order valence-electron chi connectivity index (χ1n) is 6.38. The number of rotatable bonds is 1. The summed E-state index contributed by atoms with van der Waals surface area (Å²) in [7, 11) is 0. The van der Waals surface area contributed by atoms with E-state index in [1.165, 1.54) is 16.7 Å². The zero-order valence-corrected chi connectivity index (χ0v) is 11.3. The normalized spacial score (nSPS) is 12.2. The van der Waals surface area contributed by atoms with E-state index < -0.39 is 0 Å². The predicted octanol–water partition coefficient (Wildman–Crippen LogP) is 4.01.